The number of terminal acetylenes is 1. The summed E-state index contributed by atoms with van der Waals surface area (Å²) in [5.41, 5.74) is 1.35. The summed E-state index contributed by atoms with van der Waals surface area (Å²) in [6.45, 7) is 3.71. The number of nitrogens with zero attached hydrogens (tertiary/aromatic N) is 2. The molecule has 172 valence electrons. The van der Waals surface area contributed by atoms with E-state index >= 15 is 0 Å². The van der Waals surface area contributed by atoms with Crippen LogP contribution in [-0.2, 0) is 25.6 Å². The zero-order valence-corrected chi connectivity index (χ0v) is 18.7. The minimum absolute atomic E-state index is 0.227. The number of carbonyl (C=O) groups is 2. The van der Waals surface area contributed by atoms with Crippen LogP contribution in [-0.4, -0.2) is 56.9 Å². The number of anilines is 2. The lowest BCUT2D eigenvalue weighted by Gasteiger charge is -2.45. The first-order valence-corrected chi connectivity index (χ1v) is 11.3. The zero-order chi connectivity index (χ0) is 23.1. The molecule has 2 amide bonds. The van der Waals surface area contributed by atoms with E-state index in [9.17, 15) is 9.59 Å². The molecular formula is C26H29N3O4. The third kappa shape index (κ3) is 4.87. The summed E-state index contributed by atoms with van der Waals surface area (Å²) in [7, 11) is 0. The van der Waals surface area contributed by atoms with Crippen molar-refractivity contribution in [2.24, 2.45) is 0 Å². The second kappa shape index (κ2) is 10.5. The van der Waals surface area contributed by atoms with Gasteiger partial charge in [0.1, 0.15) is 5.54 Å². The molecule has 0 bridgehead atoms. The summed E-state index contributed by atoms with van der Waals surface area (Å²) in [6.07, 6.45) is 6.35. The van der Waals surface area contributed by atoms with Gasteiger partial charge in [0, 0.05) is 45.7 Å². The van der Waals surface area contributed by atoms with Crippen molar-refractivity contribution in [3.05, 3.63) is 60.2 Å². The molecule has 2 aliphatic heterocycles. The molecule has 2 aromatic rings. The molecule has 0 unspecified atom stereocenters. The van der Waals surface area contributed by atoms with Gasteiger partial charge in [0.05, 0.1) is 24.6 Å². The number of hydrogen-bond acceptors (Lipinski definition) is 5. The SMILES string of the molecule is C#CC(=O)N(c1ccccc1N1CCOCC1)C1(C(=O)NCc2ccccc2)CCOCC1. The van der Waals surface area contributed by atoms with Crippen LogP contribution in [0.25, 0.3) is 0 Å². The number of morpholine rings is 1. The highest BCUT2D eigenvalue weighted by Gasteiger charge is 2.48. The number of benzene rings is 2. The molecule has 7 heteroatoms. The molecular weight excluding hydrogens is 418 g/mol. The van der Waals surface area contributed by atoms with E-state index in [1.807, 2.05) is 54.6 Å². The van der Waals surface area contributed by atoms with Crippen LogP contribution in [0.2, 0.25) is 0 Å². The Morgan fingerprint density at radius 3 is 2.30 bits per heavy atom. The van der Waals surface area contributed by atoms with Gasteiger partial charge in [-0.25, -0.2) is 0 Å². The monoisotopic (exact) mass is 447 g/mol. The maximum absolute atomic E-state index is 13.8. The zero-order valence-electron chi connectivity index (χ0n) is 18.7. The Morgan fingerprint density at radius 1 is 0.970 bits per heavy atom. The number of amides is 2. The lowest BCUT2D eigenvalue weighted by atomic mass is 9.85. The lowest BCUT2D eigenvalue weighted by molar-refractivity contribution is -0.133. The van der Waals surface area contributed by atoms with Crippen molar-refractivity contribution in [1.29, 1.82) is 0 Å². The van der Waals surface area contributed by atoms with Crippen molar-refractivity contribution in [2.75, 3.05) is 49.3 Å². The van der Waals surface area contributed by atoms with Crippen LogP contribution in [0.15, 0.2) is 54.6 Å². The Hall–Kier alpha value is -3.34. The van der Waals surface area contributed by atoms with Gasteiger partial charge in [-0.05, 0) is 23.6 Å². The molecule has 4 rings (SSSR count). The molecule has 1 N–H and O–H groups in total. The largest absolute Gasteiger partial charge is 0.381 e. The fourth-order valence-electron chi connectivity index (χ4n) is 4.53. The molecule has 0 saturated carbocycles. The Bertz CT molecular complexity index is 1010. The molecule has 0 radical (unpaired) electrons. The predicted molar refractivity (Wildman–Crippen MR) is 127 cm³/mol. The number of carbonyl (C=O) groups excluding carboxylic acids is 2. The van der Waals surface area contributed by atoms with Gasteiger partial charge in [-0.1, -0.05) is 42.5 Å². The molecule has 33 heavy (non-hydrogen) atoms. The topological polar surface area (TPSA) is 71.1 Å². The average molecular weight is 448 g/mol. The van der Waals surface area contributed by atoms with E-state index in [1.165, 1.54) is 4.90 Å². The number of nitrogens with one attached hydrogen (secondary N) is 1. The summed E-state index contributed by atoms with van der Waals surface area (Å²) in [6, 6.07) is 17.3. The minimum atomic E-state index is -1.14. The summed E-state index contributed by atoms with van der Waals surface area (Å²) in [5, 5.41) is 3.05. The maximum atomic E-state index is 13.8. The van der Waals surface area contributed by atoms with Crippen LogP contribution in [0.1, 0.15) is 18.4 Å². The Morgan fingerprint density at radius 2 is 1.61 bits per heavy atom. The Balaban J connectivity index is 1.72. The van der Waals surface area contributed by atoms with Crippen molar-refractivity contribution < 1.29 is 19.1 Å². The van der Waals surface area contributed by atoms with Gasteiger partial charge in [-0.15, -0.1) is 6.42 Å². The summed E-state index contributed by atoms with van der Waals surface area (Å²) in [5.74, 6) is 1.51. The number of para-hydroxylation sites is 2. The smallest absolute Gasteiger partial charge is 0.303 e. The van der Waals surface area contributed by atoms with E-state index in [0.29, 0.717) is 64.6 Å². The van der Waals surface area contributed by atoms with Gasteiger partial charge in [0.25, 0.3) is 0 Å². The Kier molecular flexibility index (Phi) is 7.28. The van der Waals surface area contributed by atoms with Crippen LogP contribution in [0.5, 0.6) is 0 Å². The first kappa shape index (κ1) is 22.8. The highest BCUT2D eigenvalue weighted by molar-refractivity contribution is 6.12. The predicted octanol–water partition coefficient (Wildman–Crippen LogP) is 2.35. The van der Waals surface area contributed by atoms with Crippen LogP contribution >= 0.6 is 0 Å². The summed E-state index contributed by atoms with van der Waals surface area (Å²) >= 11 is 0. The van der Waals surface area contributed by atoms with Crippen molar-refractivity contribution in [1.82, 2.24) is 5.32 Å². The van der Waals surface area contributed by atoms with E-state index in [1.54, 1.807) is 0 Å². The molecule has 2 fully saturated rings. The lowest BCUT2D eigenvalue weighted by Crippen LogP contribution is -2.63. The summed E-state index contributed by atoms with van der Waals surface area (Å²) < 4.78 is 11.1. The standard InChI is InChI=1S/C26H29N3O4/c1-2-24(30)29(23-11-7-6-10-22(23)28-14-18-33-19-15-28)26(12-16-32-17-13-26)25(31)27-20-21-8-4-3-5-9-21/h1,3-11H,12-20H2,(H,27,31). The first-order chi connectivity index (χ1) is 16.2. The Labute approximate surface area is 194 Å². The average Bonchev–Trinajstić information content (AvgIpc) is 2.89. The van der Waals surface area contributed by atoms with Crippen molar-refractivity contribution in [2.45, 2.75) is 24.9 Å². The van der Waals surface area contributed by atoms with Gasteiger partial charge in [-0.3, -0.25) is 14.5 Å². The van der Waals surface area contributed by atoms with Gasteiger partial charge >= 0.3 is 5.91 Å². The van der Waals surface area contributed by atoms with Gasteiger partial charge in [-0.2, -0.15) is 0 Å². The first-order valence-electron chi connectivity index (χ1n) is 11.3. The summed E-state index contributed by atoms with van der Waals surface area (Å²) in [4.78, 5) is 30.7. The highest BCUT2D eigenvalue weighted by Crippen LogP contribution is 2.39. The molecule has 7 nitrogen and oxygen atoms in total. The molecule has 2 saturated heterocycles. The fourth-order valence-corrected chi connectivity index (χ4v) is 4.53. The van der Waals surface area contributed by atoms with Crippen molar-refractivity contribution in [3.8, 4) is 12.3 Å². The normalized spacial score (nSPS) is 17.6. The molecule has 0 spiro atoms. The van der Waals surface area contributed by atoms with Crippen molar-refractivity contribution >= 4 is 23.2 Å². The van der Waals surface area contributed by atoms with E-state index in [2.05, 4.69) is 16.1 Å². The molecule has 0 aliphatic carbocycles. The quantitative estimate of drug-likeness (QED) is 0.689. The third-order valence-electron chi connectivity index (χ3n) is 6.27. The second-order valence-electron chi connectivity index (χ2n) is 8.19. The third-order valence-corrected chi connectivity index (χ3v) is 6.27. The van der Waals surface area contributed by atoms with Crippen LogP contribution in [0, 0.1) is 12.3 Å². The number of ether oxygens (including phenoxy) is 2. The fraction of sp³-hybridized carbons (Fsp3) is 0.385. The van der Waals surface area contributed by atoms with Crippen LogP contribution in [0.4, 0.5) is 11.4 Å². The van der Waals surface area contributed by atoms with Crippen molar-refractivity contribution in [3.63, 3.8) is 0 Å². The van der Waals surface area contributed by atoms with E-state index in [-0.39, 0.29) is 5.91 Å². The second-order valence-corrected chi connectivity index (χ2v) is 8.19. The van der Waals surface area contributed by atoms with E-state index in [4.69, 9.17) is 15.9 Å². The number of hydrogen-bond donors (Lipinski definition) is 1. The molecule has 2 aromatic carbocycles. The highest BCUT2D eigenvalue weighted by atomic mass is 16.5. The number of rotatable bonds is 6. The van der Waals surface area contributed by atoms with Crippen LogP contribution in [0.3, 0.4) is 0 Å². The molecule has 0 aromatic heterocycles. The van der Waals surface area contributed by atoms with E-state index in [0.717, 1.165) is 11.3 Å². The maximum Gasteiger partial charge on any atom is 0.303 e. The molecule has 2 aliphatic rings. The van der Waals surface area contributed by atoms with Gasteiger partial charge in [0.2, 0.25) is 5.91 Å². The van der Waals surface area contributed by atoms with Gasteiger partial charge < -0.3 is 19.7 Å². The van der Waals surface area contributed by atoms with E-state index < -0.39 is 11.4 Å². The molecule has 0 atom stereocenters. The van der Waals surface area contributed by atoms with Crippen LogP contribution < -0.4 is 15.1 Å². The minimum Gasteiger partial charge on any atom is -0.381 e. The molecule has 2 heterocycles. The van der Waals surface area contributed by atoms with Gasteiger partial charge in [0.15, 0.2) is 0 Å².